The zero-order chi connectivity index (χ0) is 12.8. The second-order valence-corrected chi connectivity index (χ2v) is 5.05. The van der Waals surface area contributed by atoms with Gasteiger partial charge in [-0.05, 0) is 32.1 Å². The average Bonchev–Trinajstić information content (AvgIpc) is 2.62. The monoisotopic (exact) mass is 243 g/mol. The molecule has 0 aromatic heterocycles. The number of hydrogen-bond donors (Lipinski definition) is 0. The number of nitriles is 1. The molecule has 1 aliphatic heterocycles. The molecule has 1 saturated heterocycles. The summed E-state index contributed by atoms with van der Waals surface area (Å²) >= 11 is 0. The molecule has 0 amide bonds. The molecule has 3 heteroatoms. The lowest BCUT2D eigenvalue weighted by molar-refractivity contribution is 0.272. The molecule has 1 atom stereocenters. The van der Waals surface area contributed by atoms with Gasteiger partial charge in [0.05, 0.1) is 12.0 Å². The first kappa shape index (κ1) is 13.1. The Labute approximate surface area is 110 Å². The van der Waals surface area contributed by atoms with E-state index in [2.05, 4.69) is 35.0 Å². The third-order valence-electron chi connectivity index (χ3n) is 3.61. The van der Waals surface area contributed by atoms with Gasteiger partial charge in [-0.15, -0.1) is 0 Å². The fourth-order valence-corrected chi connectivity index (χ4v) is 2.45. The second kappa shape index (κ2) is 6.53. The highest BCUT2D eigenvalue weighted by Crippen LogP contribution is 2.16. The minimum absolute atomic E-state index is 0.00499. The standard InChI is InChI=1S/C15H21N3/c1-17-8-5-9-18(11-10-17)13-15(12-16)14-6-3-2-4-7-14/h2-4,6-7,15H,5,8-11,13H2,1H3. The minimum atomic E-state index is -0.00499. The van der Waals surface area contributed by atoms with Gasteiger partial charge in [0.2, 0.25) is 0 Å². The van der Waals surface area contributed by atoms with Crippen LogP contribution in [0, 0.1) is 11.3 Å². The maximum atomic E-state index is 9.35. The van der Waals surface area contributed by atoms with Gasteiger partial charge in [-0.3, -0.25) is 0 Å². The summed E-state index contributed by atoms with van der Waals surface area (Å²) in [5, 5.41) is 9.35. The Balaban J connectivity index is 1.97. The Morgan fingerprint density at radius 3 is 2.67 bits per heavy atom. The molecule has 1 aromatic rings. The maximum absolute atomic E-state index is 9.35. The van der Waals surface area contributed by atoms with E-state index >= 15 is 0 Å². The fraction of sp³-hybridized carbons (Fsp3) is 0.533. The van der Waals surface area contributed by atoms with Crippen molar-refractivity contribution < 1.29 is 0 Å². The van der Waals surface area contributed by atoms with Crippen molar-refractivity contribution in [3.63, 3.8) is 0 Å². The van der Waals surface area contributed by atoms with E-state index < -0.39 is 0 Å². The second-order valence-electron chi connectivity index (χ2n) is 5.05. The first-order valence-corrected chi connectivity index (χ1v) is 6.65. The molecule has 0 saturated carbocycles. The van der Waals surface area contributed by atoms with Gasteiger partial charge in [-0.1, -0.05) is 30.3 Å². The predicted molar refractivity (Wildman–Crippen MR) is 73.4 cm³/mol. The lowest BCUT2D eigenvalue weighted by atomic mass is 10.00. The first-order chi connectivity index (χ1) is 8.79. The summed E-state index contributed by atoms with van der Waals surface area (Å²) < 4.78 is 0. The zero-order valence-corrected chi connectivity index (χ0v) is 11.0. The Kier molecular flexibility index (Phi) is 4.74. The van der Waals surface area contributed by atoms with Crippen LogP contribution in [-0.2, 0) is 0 Å². The number of benzene rings is 1. The molecule has 1 fully saturated rings. The van der Waals surface area contributed by atoms with Crippen LogP contribution >= 0.6 is 0 Å². The van der Waals surface area contributed by atoms with Crippen molar-refractivity contribution in [1.82, 2.24) is 9.80 Å². The molecule has 96 valence electrons. The van der Waals surface area contributed by atoms with E-state index in [-0.39, 0.29) is 5.92 Å². The molecule has 0 radical (unpaired) electrons. The van der Waals surface area contributed by atoms with Crippen LogP contribution in [0.25, 0.3) is 0 Å². The lowest BCUT2D eigenvalue weighted by Gasteiger charge is -2.22. The largest absolute Gasteiger partial charge is 0.305 e. The fourth-order valence-electron chi connectivity index (χ4n) is 2.45. The van der Waals surface area contributed by atoms with E-state index in [1.807, 2.05) is 18.2 Å². The van der Waals surface area contributed by atoms with Gasteiger partial charge < -0.3 is 9.80 Å². The molecule has 0 bridgehead atoms. The molecule has 1 unspecified atom stereocenters. The molecule has 0 spiro atoms. The van der Waals surface area contributed by atoms with E-state index in [4.69, 9.17) is 0 Å². The summed E-state index contributed by atoms with van der Waals surface area (Å²) in [4.78, 5) is 4.79. The van der Waals surface area contributed by atoms with Crippen molar-refractivity contribution in [3.05, 3.63) is 35.9 Å². The molecule has 0 aliphatic carbocycles. The highest BCUT2D eigenvalue weighted by atomic mass is 15.2. The van der Waals surface area contributed by atoms with E-state index in [0.29, 0.717) is 0 Å². The van der Waals surface area contributed by atoms with Crippen molar-refractivity contribution in [1.29, 1.82) is 5.26 Å². The molecule has 1 heterocycles. The summed E-state index contributed by atoms with van der Waals surface area (Å²) in [7, 11) is 2.17. The van der Waals surface area contributed by atoms with Crippen LogP contribution in [-0.4, -0.2) is 49.6 Å². The van der Waals surface area contributed by atoms with E-state index in [9.17, 15) is 5.26 Å². The number of likely N-dealkylation sites (N-methyl/N-ethyl adjacent to an activating group) is 1. The lowest BCUT2D eigenvalue weighted by Crippen LogP contribution is -2.32. The van der Waals surface area contributed by atoms with E-state index in [1.165, 1.54) is 13.0 Å². The number of rotatable bonds is 3. The molecule has 1 aromatic carbocycles. The predicted octanol–water partition coefficient (Wildman–Crippen LogP) is 1.93. The van der Waals surface area contributed by atoms with Crippen LogP contribution in [0.3, 0.4) is 0 Å². The Morgan fingerprint density at radius 2 is 1.94 bits per heavy atom. The Morgan fingerprint density at radius 1 is 1.17 bits per heavy atom. The number of nitrogens with zero attached hydrogens (tertiary/aromatic N) is 3. The molecule has 0 N–H and O–H groups in total. The molecular weight excluding hydrogens is 222 g/mol. The van der Waals surface area contributed by atoms with Gasteiger partial charge in [0, 0.05) is 19.6 Å². The molecular formula is C15H21N3. The smallest absolute Gasteiger partial charge is 0.0839 e. The summed E-state index contributed by atoms with van der Waals surface area (Å²) in [6.07, 6.45) is 1.20. The van der Waals surface area contributed by atoms with Crippen molar-refractivity contribution in [2.24, 2.45) is 0 Å². The average molecular weight is 243 g/mol. The SMILES string of the molecule is CN1CCCN(CC(C#N)c2ccccc2)CC1. The normalized spacial score (nSPS) is 20.0. The Hall–Kier alpha value is -1.37. The van der Waals surface area contributed by atoms with Crippen LogP contribution in [0.4, 0.5) is 0 Å². The van der Waals surface area contributed by atoms with Crippen molar-refractivity contribution in [2.75, 3.05) is 39.8 Å². The summed E-state index contributed by atoms with van der Waals surface area (Å²) in [6, 6.07) is 12.6. The van der Waals surface area contributed by atoms with Gasteiger partial charge in [0.25, 0.3) is 0 Å². The van der Waals surface area contributed by atoms with Gasteiger partial charge in [-0.25, -0.2) is 0 Å². The third-order valence-corrected chi connectivity index (χ3v) is 3.61. The topological polar surface area (TPSA) is 30.3 Å². The number of hydrogen-bond acceptors (Lipinski definition) is 3. The van der Waals surface area contributed by atoms with Crippen LogP contribution in [0.15, 0.2) is 30.3 Å². The first-order valence-electron chi connectivity index (χ1n) is 6.65. The van der Waals surface area contributed by atoms with Gasteiger partial charge in [0.1, 0.15) is 0 Å². The highest BCUT2D eigenvalue weighted by Gasteiger charge is 2.17. The maximum Gasteiger partial charge on any atom is 0.0839 e. The Bertz CT molecular complexity index is 396. The third kappa shape index (κ3) is 3.56. The van der Waals surface area contributed by atoms with E-state index in [1.54, 1.807) is 0 Å². The molecule has 2 rings (SSSR count). The summed E-state index contributed by atoms with van der Waals surface area (Å²) in [5.74, 6) is -0.00499. The quantitative estimate of drug-likeness (QED) is 0.812. The van der Waals surface area contributed by atoms with Crippen LogP contribution in [0.1, 0.15) is 17.9 Å². The van der Waals surface area contributed by atoms with Gasteiger partial charge in [0.15, 0.2) is 0 Å². The van der Waals surface area contributed by atoms with Gasteiger partial charge in [-0.2, -0.15) is 5.26 Å². The van der Waals surface area contributed by atoms with Crippen LogP contribution < -0.4 is 0 Å². The molecule has 1 aliphatic rings. The van der Waals surface area contributed by atoms with Crippen molar-refractivity contribution in [2.45, 2.75) is 12.3 Å². The van der Waals surface area contributed by atoms with Crippen molar-refractivity contribution >= 4 is 0 Å². The van der Waals surface area contributed by atoms with Crippen molar-refractivity contribution in [3.8, 4) is 6.07 Å². The summed E-state index contributed by atoms with van der Waals surface area (Å²) in [6.45, 7) is 5.30. The highest BCUT2D eigenvalue weighted by molar-refractivity contribution is 5.25. The van der Waals surface area contributed by atoms with Crippen LogP contribution in [0.5, 0.6) is 0 Å². The van der Waals surface area contributed by atoms with E-state index in [0.717, 1.165) is 31.7 Å². The minimum Gasteiger partial charge on any atom is -0.305 e. The molecule has 3 nitrogen and oxygen atoms in total. The zero-order valence-electron chi connectivity index (χ0n) is 11.0. The summed E-state index contributed by atoms with van der Waals surface area (Å²) in [5.41, 5.74) is 1.14. The van der Waals surface area contributed by atoms with Crippen LogP contribution in [0.2, 0.25) is 0 Å². The van der Waals surface area contributed by atoms with Gasteiger partial charge >= 0.3 is 0 Å². The molecule has 18 heavy (non-hydrogen) atoms.